The third-order valence-electron chi connectivity index (χ3n) is 5.65. The second-order valence-electron chi connectivity index (χ2n) is 8.10. The van der Waals surface area contributed by atoms with Gasteiger partial charge in [0.1, 0.15) is 5.75 Å². The van der Waals surface area contributed by atoms with Gasteiger partial charge in [-0.15, -0.1) is 0 Å². The Labute approximate surface area is 197 Å². The van der Waals surface area contributed by atoms with E-state index in [9.17, 15) is 22.8 Å². The van der Waals surface area contributed by atoms with Crippen molar-refractivity contribution in [2.75, 3.05) is 28.4 Å². The number of allylic oxidation sites excluding steroid dienone is 2. The molecule has 34 heavy (non-hydrogen) atoms. The van der Waals surface area contributed by atoms with Gasteiger partial charge in [0, 0.05) is 17.3 Å². The van der Waals surface area contributed by atoms with Gasteiger partial charge in [0.15, 0.2) is 0 Å². The highest BCUT2D eigenvalue weighted by molar-refractivity contribution is 7.92. The van der Waals surface area contributed by atoms with Crippen LogP contribution in [-0.2, 0) is 19.6 Å². The van der Waals surface area contributed by atoms with E-state index in [0.717, 1.165) is 6.26 Å². The van der Waals surface area contributed by atoms with E-state index in [4.69, 9.17) is 4.74 Å². The molecule has 2 aromatic carbocycles. The van der Waals surface area contributed by atoms with E-state index in [1.165, 1.54) is 36.4 Å². The minimum atomic E-state index is -3.50. The lowest BCUT2D eigenvalue weighted by Gasteiger charge is -2.38. The molecule has 1 aliphatic carbocycles. The predicted molar refractivity (Wildman–Crippen MR) is 127 cm³/mol. The quantitative estimate of drug-likeness (QED) is 0.539. The van der Waals surface area contributed by atoms with E-state index in [1.807, 2.05) is 12.2 Å². The van der Waals surface area contributed by atoms with Gasteiger partial charge in [-0.25, -0.2) is 13.4 Å². The van der Waals surface area contributed by atoms with Crippen LogP contribution in [0.1, 0.15) is 23.2 Å². The van der Waals surface area contributed by atoms with Gasteiger partial charge in [-0.05, 0) is 43.2 Å². The molecule has 0 spiro atoms. The first-order valence-corrected chi connectivity index (χ1v) is 12.4. The van der Waals surface area contributed by atoms with E-state index in [-0.39, 0.29) is 34.7 Å². The number of sulfonamides is 1. The SMILES string of the molecule is COc1cc(NC(=O)c2cccc(N3NC(=O)C4CC=CCC4C3=O)c2)ccc1NS(C)(=O)=O. The maximum absolute atomic E-state index is 13.0. The van der Waals surface area contributed by atoms with Crippen LogP contribution in [0.5, 0.6) is 5.75 Å². The summed E-state index contributed by atoms with van der Waals surface area (Å²) in [6.45, 7) is 0. The normalized spacial score (nSPS) is 19.8. The van der Waals surface area contributed by atoms with Crippen LogP contribution in [0.15, 0.2) is 54.6 Å². The number of hydrazine groups is 1. The molecule has 11 heteroatoms. The second-order valence-corrected chi connectivity index (χ2v) is 9.85. The zero-order valence-electron chi connectivity index (χ0n) is 18.6. The molecule has 10 nitrogen and oxygen atoms in total. The summed E-state index contributed by atoms with van der Waals surface area (Å²) in [6, 6.07) is 10.9. The predicted octanol–water partition coefficient (Wildman–Crippen LogP) is 2.28. The molecule has 178 valence electrons. The molecule has 0 saturated carbocycles. The molecule has 3 N–H and O–H groups in total. The third kappa shape index (κ3) is 4.88. The van der Waals surface area contributed by atoms with E-state index >= 15 is 0 Å². The van der Waals surface area contributed by atoms with Crippen LogP contribution in [-0.4, -0.2) is 39.5 Å². The summed E-state index contributed by atoms with van der Waals surface area (Å²) >= 11 is 0. The molecule has 1 aliphatic heterocycles. The van der Waals surface area contributed by atoms with Gasteiger partial charge in [-0.2, -0.15) is 0 Å². The lowest BCUT2D eigenvalue weighted by molar-refractivity contribution is -0.139. The van der Waals surface area contributed by atoms with Gasteiger partial charge in [0.05, 0.1) is 36.6 Å². The first-order valence-electron chi connectivity index (χ1n) is 10.5. The van der Waals surface area contributed by atoms with E-state index in [1.54, 1.807) is 18.2 Å². The zero-order valence-corrected chi connectivity index (χ0v) is 19.4. The smallest absolute Gasteiger partial charge is 0.255 e. The van der Waals surface area contributed by atoms with E-state index < -0.39 is 21.8 Å². The van der Waals surface area contributed by atoms with Crippen LogP contribution in [0.4, 0.5) is 17.1 Å². The second kappa shape index (κ2) is 9.18. The van der Waals surface area contributed by atoms with Crippen LogP contribution in [0.3, 0.4) is 0 Å². The van der Waals surface area contributed by atoms with Gasteiger partial charge < -0.3 is 10.1 Å². The average molecular weight is 485 g/mol. The number of hydrogen-bond acceptors (Lipinski definition) is 6. The Morgan fingerprint density at radius 3 is 2.53 bits per heavy atom. The molecule has 3 amide bonds. The topological polar surface area (TPSA) is 134 Å². The van der Waals surface area contributed by atoms with Gasteiger partial charge in [0.25, 0.3) is 5.91 Å². The minimum absolute atomic E-state index is 0.217. The van der Waals surface area contributed by atoms with Crippen molar-refractivity contribution < 1.29 is 27.5 Å². The Kier molecular flexibility index (Phi) is 6.29. The number of nitrogens with zero attached hydrogens (tertiary/aromatic N) is 1. The number of fused-ring (bicyclic) bond motifs is 1. The molecule has 2 atom stereocenters. The number of hydrogen-bond donors (Lipinski definition) is 3. The van der Waals surface area contributed by atoms with E-state index in [0.29, 0.717) is 24.2 Å². The molecule has 1 heterocycles. The Hall–Kier alpha value is -3.86. The molecule has 1 fully saturated rings. The van der Waals surface area contributed by atoms with Crippen molar-refractivity contribution in [3.8, 4) is 5.75 Å². The van der Waals surface area contributed by atoms with Crippen LogP contribution in [0.2, 0.25) is 0 Å². The van der Waals surface area contributed by atoms with Crippen LogP contribution >= 0.6 is 0 Å². The summed E-state index contributed by atoms with van der Waals surface area (Å²) in [5.41, 5.74) is 3.91. The number of nitrogens with one attached hydrogen (secondary N) is 3. The molecule has 0 bridgehead atoms. The first kappa shape index (κ1) is 23.3. The number of rotatable bonds is 6. The van der Waals surface area contributed by atoms with Crippen molar-refractivity contribution in [3.05, 3.63) is 60.2 Å². The van der Waals surface area contributed by atoms with Crippen LogP contribution in [0.25, 0.3) is 0 Å². The lowest BCUT2D eigenvalue weighted by Crippen LogP contribution is -2.59. The average Bonchev–Trinajstić information content (AvgIpc) is 2.81. The maximum Gasteiger partial charge on any atom is 0.255 e. The molecule has 0 aromatic heterocycles. The zero-order chi connectivity index (χ0) is 24.5. The standard InChI is InChI=1S/C23H24N4O6S/c1-33-20-13-15(10-11-19(20)26-34(2,31)32)24-21(28)14-6-5-7-16(12-14)27-23(30)18-9-4-3-8-17(18)22(29)25-27/h3-7,10-13,17-18,26H,8-9H2,1-2H3,(H,24,28)(H,25,29). The van der Waals surface area contributed by atoms with Crippen molar-refractivity contribution in [1.29, 1.82) is 0 Å². The molecule has 2 unspecified atom stereocenters. The fourth-order valence-corrected chi connectivity index (χ4v) is 4.59. The number of methoxy groups -OCH3 is 1. The summed E-state index contributed by atoms with van der Waals surface area (Å²) in [6.07, 6.45) is 5.87. The summed E-state index contributed by atoms with van der Waals surface area (Å²) < 4.78 is 30.6. The fraction of sp³-hybridized carbons (Fsp3) is 0.261. The number of carbonyl (C=O) groups is 3. The van der Waals surface area contributed by atoms with Crippen LogP contribution in [0, 0.1) is 11.8 Å². The molecular weight excluding hydrogens is 460 g/mol. The van der Waals surface area contributed by atoms with E-state index in [2.05, 4.69) is 15.5 Å². The van der Waals surface area contributed by atoms with Gasteiger partial charge in [-0.1, -0.05) is 18.2 Å². The van der Waals surface area contributed by atoms with Crippen LogP contribution < -0.4 is 25.2 Å². The van der Waals surface area contributed by atoms with Gasteiger partial charge >= 0.3 is 0 Å². The highest BCUT2D eigenvalue weighted by atomic mass is 32.2. The Balaban J connectivity index is 1.53. The minimum Gasteiger partial charge on any atom is -0.494 e. The third-order valence-corrected chi connectivity index (χ3v) is 6.24. The fourth-order valence-electron chi connectivity index (χ4n) is 4.03. The Morgan fingerprint density at radius 2 is 1.82 bits per heavy atom. The van der Waals surface area contributed by atoms with Crippen molar-refractivity contribution >= 4 is 44.8 Å². The summed E-state index contributed by atoms with van der Waals surface area (Å²) in [7, 11) is -2.12. The Bertz CT molecular complexity index is 1290. The first-order chi connectivity index (χ1) is 16.2. The lowest BCUT2D eigenvalue weighted by atomic mass is 9.80. The van der Waals surface area contributed by atoms with Crippen molar-refractivity contribution in [3.63, 3.8) is 0 Å². The largest absolute Gasteiger partial charge is 0.494 e. The number of ether oxygens (including phenoxy) is 1. The molecule has 2 aliphatic rings. The highest BCUT2D eigenvalue weighted by Crippen LogP contribution is 2.33. The Morgan fingerprint density at radius 1 is 1.09 bits per heavy atom. The monoisotopic (exact) mass is 484 g/mol. The molecule has 4 rings (SSSR count). The molecular formula is C23H24N4O6S. The molecule has 2 aromatic rings. The number of benzene rings is 2. The van der Waals surface area contributed by atoms with Gasteiger partial charge in [0.2, 0.25) is 21.8 Å². The molecule has 0 radical (unpaired) electrons. The summed E-state index contributed by atoms with van der Waals surface area (Å²) in [5, 5.41) is 3.92. The van der Waals surface area contributed by atoms with Crippen molar-refractivity contribution in [1.82, 2.24) is 5.43 Å². The molecule has 1 saturated heterocycles. The number of anilines is 3. The maximum atomic E-state index is 13.0. The summed E-state index contributed by atoms with van der Waals surface area (Å²) in [5.74, 6) is -1.47. The van der Waals surface area contributed by atoms with Crippen molar-refractivity contribution in [2.45, 2.75) is 12.8 Å². The van der Waals surface area contributed by atoms with Gasteiger partial charge in [-0.3, -0.25) is 24.5 Å². The number of carbonyl (C=O) groups excluding carboxylic acids is 3. The summed E-state index contributed by atoms with van der Waals surface area (Å²) in [4.78, 5) is 38.4. The van der Waals surface area contributed by atoms with Crippen molar-refractivity contribution in [2.24, 2.45) is 11.8 Å². The highest BCUT2D eigenvalue weighted by Gasteiger charge is 2.42. The number of amides is 3.